The molecule has 5 heteroatoms. The van der Waals surface area contributed by atoms with Gasteiger partial charge in [-0.25, -0.2) is 0 Å². The van der Waals surface area contributed by atoms with E-state index in [1.54, 1.807) is 42.5 Å². The van der Waals surface area contributed by atoms with Gasteiger partial charge in [0.25, 0.3) is 5.91 Å². The average Bonchev–Trinajstić information content (AvgIpc) is 2.43. The van der Waals surface area contributed by atoms with Gasteiger partial charge in [-0.1, -0.05) is 11.6 Å². The molecule has 2 rings (SSSR count). The Morgan fingerprint density at radius 2 is 1.86 bits per heavy atom. The van der Waals surface area contributed by atoms with Crippen LogP contribution in [0.4, 0.5) is 5.69 Å². The predicted octanol–water partition coefficient (Wildman–Crippen LogP) is 5.14. The van der Waals surface area contributed by atoms with Crippen LogP contribution < -0.4 is 10.1 Å². The summed E-state index contributed by atoms with van der Waals surface area (Å²) in [5, 5.41) is 3.35. The van der Waals surface area contributed by atoms with Crippen molar-refractivity contribution < 1.29 is 9.53 Å². The SMILES string of the molecule is CC(C)Oc1ccc(C(=O)Nc2ccc(Br)c(Cl)c2)cc1. The molecule has 0 aromatic heterocycles. The molecular weight excluding hydrogens is 354 g/mol. The van der Waals surface area contributed by atoms with E-state index in [-0.39, 0.29) is 12.0 Å². The van der Waals surface area contributed by atoms with Crippen LogP contribution in [-0.2, 0) is 0 Å². The normalized spacial score (nSPS) is 10.5. The summed E-state index contributed by atoms with van der Waals surface area (Å²) in [7, 11) is 0. The lowest BCUT2D eigenvalue weighted by Crippen LogP contribution is -2.12. The summed E-state index contributed by atoms with van der Waals surface area (Å²) in [5.74, 6) is 0.553. The van der Waals surface area contributed by atoms with Crippen LogP contribution >= 0.6 is 27.5 Å². The molecule has 21 heavy (non-hydrogen) atoms. The molecular formula is C16H15BrClNO2. The van der Waals surface area contributed by atoms with E-state index >= 15 is 0 Å². The van der Waals surface area contributed by atoms with E-state index in [1.165, 1.54) is 0 Å². The summed E-state index contributed by atoms with van der Waals surface area (Å²) < 4.78 is 6.33. The van der Waals surface area contributed by atoms with E-state index < -0.39 is 0 Å². The Kier molecular flexibility index (Phi) is 5.26. The average molecular weight is 369 g/mol. The number of rotatable bonds is 4. The molecule has 0 atom stereocenters. The number of nitrogens with one attached hydrogen (secondary N) is 1. The van der Waals surface area contributed by atoms with Crippen molar-refractivity contribution in [2.45, 2.75) is 20.0 Å². The molecule has 2 aromatic carbocycles. The summed E-state index contributed by atoms with van der Waals surface area (Å²) in [4.78, 5) is 12.1. The molecule has 0 radical (unpaired) electrons. The summed E-state index contributed by atoms with van der Waals surface area (Å²) in [6, 6.07) is 12.3. The number of hydrogen-bond acceptors (Lipinski definition) is 2. The molecule has 3 nitrogen and oxygen atoms in total. The van der Waals surface area contributed by atoms with Crippen LogP contribution in [0.2, 0.25) is 5.02 Å². The molecule has 0 saturated carbocycles. The van der Waals surface area contributed by atoms with E-state index in [9.17, 15) is 4.79 Å². The van der Waals surface area contributed by atoms with Gasteiger partial charge in [0.15, 0.2) is 0 Å². The first-order valence-corrected chi connectivity index (χ1v) is 7.66. The number of hydrogen-bond donors (Lipinski definition) is 1. The molecule has 110 valence electrons. The zero-order valence-corrected chi connectivity index (χ0v) is 14.0. The fourth-order valence-corrected chi connectivity index (χ4v) is 2.16. The van der Waals surface area contributed by atoms with Crippen molar-refractivity contribution in [2.75, 3.05) is 5.32 Å². The second kappa shape index (κ2) is 6.96. The third-order valence-electron chi connectivity index (χ3n) is 2.67. The zero-order chi connectivity index (χ0) is 15.4. The Morgan fingerprint density at radius 3 is 2.43 bits per heavy atom. The summed E-state index contributed by atoms with van der Waals surface area (Å²) >= 11 is 9.31. The van der Waals surface area contributed by atoms with E-state index in [4.69, 9.17) is 16.3 Å². The molecule has 1 N–H and O–H groups in total. The molecule has 0 saturated heterocycles. The molecule has 0 aliphatic rings. The molecule has 0 aliphatic carbocycles. The van der Waals surface area contributed by atoms with Crippen LogP contribution in [0.25, 0.3) is 0 Å². The molecule has 0 fully saturated rings. The Bertz CT molecular complexity index is 641. The highest BCUT2D eigenvalue weighted by atomic mass is 79.9. The Labute approximate surface area is 137 Å². The van der Waals surface area contributed by atoms with Crippen molar-refractivity contribution in [1.29, 1.82) is 0 Å². The second-order valence-electron chi connectivity index (χ2n) is 4.77. The first kappa shape index (κ1) is 15.9. The molecule has 2 aromatic rings. The molecule has 0 bridgehead atoms. The maximum absolute atomic E-state index is 12.1. The van der Waals surface area contributed by atoms with Crippen LogP contribution in [0.3, 0.4) is 0 Å². The number of benzene rings is 2. The fourth-order valence-electron chi connectivity index (χ4n) is 1.73. The topological polar surface area (TPSA) is 38.3 Å². The molecule has 0 unspecified atom stereocenters. The third-order valence-corrected chi connectivity index (χ3v) is 3.90. The van der Waals surface area contributed by atoms with E-state index in [0.29, 0.717) is 16.3 Å². The Balaban J connectivity index is 2.07. The van der Waals surface area contributed by atoms with Crippen molar-refractivity contribution in [2.24, 2.45) is 0 Å². The van der Waals surface area contributed by atoms with Crippen molar-refractivity contribution in [3.8, 4) is 5.75 Å². The minimum atomic E-state index is -0.190. The largest absolute Gasteiger partial charge is 0.491 e. The lowest BCUT2D eigenvalue weighted by atomic mass is 10.2. The van der Waals surface area contributed by atoms with E-state index in [2.05, 4.69) is 21.2 Å². The first-order valence-electron chi connectivity index (χ1n) is 6.49. The molecule has 1 amide bonds. The van der Waals surface area contributed by atoms with Crippen LogP contribution in [0.5, 0.6) is 5.75 Å². The maximum atomic E-state index is 12.1. The van der Waals surface area contributed by atoms with E-state index in [1.807, 2.05) is 13.8 Å². The quantitative estimate of drug-likeness (QED) is 0.811. The van der Waals surface area contributed by atoms with Gasteiger partial charge in [0.2, 0.25) is 0 Å². The summed E-state index contributed by atoms with van der Waals surface area (Å²) in [6.07, 6.45) is 0.106. The number of ether oxygens (including phenoxy) is 1. The lowest BCUT2D eigenvalue weighted by molar-refractivity contribution is 0.102. The standard InChI is InChI=1S/C16H15BrClNO2/c1-10(2)21-13-6-3-11(4-7-13)16(20)19-12-5-8-14(17)15(18)9-12/h3-10H,1-2H3,(H,19,20). The minimum Gasteiger partial charge on any atom is -0.491 e. The van der Waals surface area contributed by atoms with Gasteiger partial charge in [-0.05, 0) is 72.2 Å². The number of anilines is 1. The first-order chi connectivity index (χ1) is 9.95. The number of carbonyl (C=O) groups is 1. The maximum Gasteiger partial charge on any atom is 0.255 e. The Hall–Kier alpha value is -1.52. The van der Waals surface area contributed by atoms with Gasteiger partial charge >= 0.3 is 0 Å². The van der Waals surface area contributed by atoms with Crippen LogP contribution in [-0.4, -0.2) is 12.0 Å². The van der Waals surface area contributed by atoms with Gasteiger partial charge in [-0.15, -0.1) is 0 Å². The minimum absolute atomic E-state index is 0.106. The van der Waals surface area contributed by atoms with Gasteiger partial charge in [-0.2, -0.15) is 0 Å². The Morgan fingerprint density at radius 1 is 1.19 bits per heavy atom. The predicted molar refractivity (Wildman–Crippen MR) is 89.3 cm³/mol. The third kappa shape index (κ3) is 4.48. The number of amides is 1. The fraction of sp³-hybridized carbons (Fsp3) is 0.188. The smallest absolute Gasteiger partial charge is 0.255 e. The molecule has 0 aliphatic heterocycles. The van der Waals surface area contributed by atoms with Gasteiger partial charge in [0, 0.05) is 15.7 Å². The lowest BCUT2D eigenvalue weighted by Gasteiger charge is -2.10. The summed E-state index contributed by atoms with van der Waals surface area (Å²) in [6.45, 7) is 3.91. The van der Waals surface area contributed by atoms with Gasteiger partial charge in [0.1, 0.15) is 5.75 Å². The van der Waals surface area contributed by atoms with Crippen LogP contribution in [0.1, 0.15) is 24.2 Å². The van der Waals surface area contributed by atoms with Crippen LogP contribution in [0, 0.1) is 0 Å². The van der Waals surface area contributed by atoms with E-state index in [0.717, 1.165) is 10.2 Å². The van der Waals surface area contributed by atoms with Gasteiger partial charge < -0.3 is 10.1 Å². The summed E-state index contributed by atoms with van der Waals surface area (Å²) in [5.41, 5.74) is 1.21. The monoisotopic (exact) mass is 367 g/mol. The zero-order valence-electron chi connectivity index (χ0n) is 11.7. The van der Waals surface area contributed by atoms with Gasteiger partial charge in [-0.3, -0.25) is 4.79 Å². The van der Waals surface area contributed by atoms with Gasteiger partial charge in [0.05, 0.1) is 11.1 Å². The van der Waals surface area contributed by atoms with Crippen molar-refractivity contribution in [3.63, 3.8) is 0 Å². The van der Waals surface area contributed by atoms with Crippen LogP contribution in [0.15, 0.2) is 46.9 Å². The second-order valence-corrected chi connectivity index (χ2v) is 6.04. The number of halogens is 2. The molecule has 0 heterocycles. The highest BCUT2D eigenvalue weighted by molar-refractivity contribution is 9.10. The number of carbonyl (C=O) groups excluding carboxylic acids is 1. The van der Waals surface area contributed by atoms with Crippen molar-refractivity contribution >= 4 is 39.1 Å². The highest BCUT2D eigenvalue weighted by Gasteiger charge is 2.08. The van der Waals surface area contributed by atoms with Crippen molar-refractivity contribution in [3.05, 3.63) is 57.5 Å². The molecule has 0 spiro atoms. The van der Waals surface area contributed by atoms with Crippen molar-refractivity contribution in [1.82, 2.24) is 0 Å². The highest BCUT2D eigenvalue weighted by Crippen LogP contribution is 2.25.